The van der Waals surface area contributed by atoms with Crippen molar-refractivity contribution >= 4 is 6.09 Å². The maximum atomic E-state index is 11.2. The van der Waals surface area contributed by atoms with Gasteiger partial charge in [0.25, 0.3) is 0 Å². The maximum Gasteiger partial charge on any atom is 0.407 e. The summed E-state index contributed by atoms with van der Waals surface area (Å²) in [6, 6.07) is 0.0870. The van der Waals surface area contributed by atoms with Gasteiger partial charge in [0.1, 0.15) is 0 Å². The van der Waals surface area contributed by atoms with E-state index in [1.54, 1.807) is 0 Å². The second-order valence-electron chi connectivity index (χ2n) is 6.04. The molecule has 116 valence electrons. The summed E-state index contributed by atoms with van der Waals surface area (Å²) in [5.41, 5.74) is -0.378. The molecule has 3 atom stereocenters. The van der Waals surface area contributed by atoms with Crippen LogP contribution in [0.3, 0.4) is 0 Å². The van der Waals surface area contributed by atoms with E-state index in [9.17, 15) is 15.0 Å². The van der Waals surface area contributed by atoms with E-state index in [1.165, 1.54) is 4.90 Å². The lowest BCUT2D eigenvalue weighted by Gasteiger charge is -2.46. The lowest BCUT2D eigenvalue weighted by molar-refractivity contribution is -0.0871. The van der Waals surface area contributed by atoms with Gasteiger partial charge in [0.15, 0.2) is 0 Å². The molecular weight excluding hydrogens is 262 g/mol. The highest BCUT2D eigenvalue weighted by atomic mass is 16.5. The third-order valence-electron chi connectivity index (χ3n) is 4.36. The van der Waals surface area contributed by atoms with Crippen LogP contribution in [0.15, 0.2) is 0 Å². The topological polar surface area (TPSA) is 85.3 Å². The van der Waals surface area contributed by atoms with Gasteiger partial charge in [0.05, 0.1) is 25.4 Å². The molecule has 0 aromatic heterocycles. The van der Waals surface area contributed by atoms with Gasteiger partial charge in [-0.3, -0.25) is 4.90 Å². The predicted molar refractivity (Wildman–Crippen MR) is 73.9 cm³/mol. The van der Waals surface area contributed by atoms with Gasteiger partial charge in [-0.05, 0) is 13.8 Å². The molecule has 2 heterocycles. The lowest BCUT2D eigenvalue weighted by Crippen LogP contribution is -2.64. The number of ether oxygens (including phenoxy) is 1. The second-order valence-corrected chi connectivity index (χ2v) is 6.04. The molecule has 0 radical (unpaired) electrons. The lowest BCUT2D eigenvalue weighted by atomic mass is 9.99. The zero-order valence-electron chi connectivity index (χ0n) is 12.2. The second kappa shape index (κ2) is 6.26. The molecule has 0 bridgehead atoms. The van der Waals surface area contributed by atoms with Crippen LogP contribution in [-0.4, -0.2) is 89.7 Å². The first-order valence-corrected chi connectivity index (χ1v) is 7.13. The monoisotopic (exact) mass is 287 g/mol. The van der Waals surface area contributed by atoms with Gasteiger partial charge >= 0.3 is 6.09 Å². The number of piperazine rings is 1. The van der Waals surface area contributed by atoms with Crippen LogP contribution in [0.2, 0.25) is 0 Å². The van der Waals surface area contributed by atoms with Crippen molar-refractivity contribution in [1.82, 2.24) is 15.1 Å². The van der Waals surface area contributed by atoms with Crippen LogP contribution in [0.4, 0.5) is 4.79 Å². The molecule has 2 fully saturated rings. The highest BCUT2D eigenvalue weighted by Crippen LogP contribution is 2.20. The fraction of sp³-hybridized carbons (Fsp3) is 0.923. The molecule has 2 saturated heterocycles. The molecule has 20 heavy (non-hydrogen) atoms. The Balaban J connectivity index is 1.97. The zero-order valence-corrected chi connectivity index (χ0v) is 12.2. The maximum absolute atomic E-state index is 11.2. The molecule has 2 aliphatic rings. The van der Waals surface area contributed by atoms with Crippen molar-refractivity contribution in [1.29, 1.82) is 0 Å². The number of carbonyl (C=O) groups is 1. The number of rotatable bonds is 3. The van der Waals surface area contributed by atoms with Gasteiger partial charge in [0.2, 0.25) is 0 Å². The van der Waals surface area contributed by atoms with E-state index < -0.39 is 6.09 Å². The van der Waals surface area contributed by atoms with E-state index >= 15 is 0 Å². The minimum atomic E-state index is -0.865. The summed E-state index contributed by atoms with van der Waals surface area (Å²) in [4.78, 5) is 14.9. The summed E-state index contributed by atoms with van der Waals surface area (Å²) in [7, 11) is 0. The number of nitrogens with zero attached hydrogens (tertiary/aromatic N) is 2. The van der Waals surface area contributed by atoms with Crippen molar-refractivity contribution in [3.8, 4) is 0 Å². The summed E-state index contributed by atoms with van der Waals surface area (Å²) in [6.45, 7) is 7.72. The van der Waals surface area contributed by atoms with E-state index in [-0.39, 0.29) is 24.2 Å². The van der Waals surface area contributed by atoms with E-state index in [0.717, 1.165) is 13.1 Å². The first-order chi connectivity index (χ1) is 9.46. The predicted octanol–water partition coefficient (Wildman–Crippen LogP) is -0.590. The van der Waals surface area contributed by atoms with Crippen molar-refractivity contribution < 1.29 is 19.7 Å². The van der Waals surface area contributed by atoms with E-state index in [4.69, 9.17) is 4.74 Å². The number of hydrogen-bond donors (Lipinski definition) is 3. The van der Waals surface area contributed by atoms with Gasteiger partial charge in [-0.15, -0.1) is 0 Å². The molecule has 1 amide bonds. The smallest absolute Gasteiger partial charge is 0.407 e. The van der Waals surface area contributed by atoms with E-state index in [1.807, 2.05) is 13.8 Å². The SMILES string of the molecule is C[C@@H]1CN[C@@H](CN2CCOCC2(C)CO)CN1C(=O)O. The highest BCUT2D eigenvalue weighted by Gasteiger charge is 2.37. The molecule has 0 spiro atoms. The average Bonchev–Trinajstić information content (AvgIpc) is 2.43. The Hall–Kier alpha value is -0.890. The van der Waals surface area contributed by atoms with Crippen molar-refractivity contribution in [2.75, 3.05) is 46.0 Å². The minimum absolute atomic E-state index is 0.00216. The molecule has 0 aromatic rings. The molecule has 2 aliphatic heterocycles. The number of morpholine rings is 1. The summed E-state index contributed by atoms with van der Waals surface area (Å²) in [6.07, 6.45) is -0.865. The molecule has 7 nitrogen and oxygen atoms in total. The Morgan fingerprint density at radius 2 is 2.30 bits per heavy atom. The minimum Gasteiger partial charge on any atom is -0.465 e. The third kappa shape index (κ3) is 3.22. The zero-order chi connectivity index (χ0) is 14.8. The van der Waals surface area contributed by atoms with Crippen LogP contribution in [0.5, 0.6) is 0 Å². The summed E-state index contributed by atoms with van der Waals surface area (Å²) in [5.74, 6) is 0. The normalized spacial score (nSPS) is 36.0. The number of aliphatic hydroxyl groups excluding tert-OH is 1. The van der Waals surface area contributed by atoms with Gasteiger partial charge in [-0.1, -0.05) is 0 Å². The van der Waals surface area contributed by atoms with Crippen LogP contribution >= 0.6 is 0 Å². The van der Waals surface area contributed by atoms with Gasteiger partial charge in [0, 0.05) is 38.3 Å². The number of hydrogen-bond acceptors (Lipinski definition) is 5. The van der Waals surface area contributed by atoms with Crippen molar-refractivity contribution in [2.45, 2.75) is 31.5 Å². The first-order valence-electron chi connectivity index (χ1n) is 7.13. The molecule has 0 aliphatic carbocycles. The standard InChI is InChI=1S/C13H25N3O4/c1-10-5-14-11(7-16(10)12(18)19)6-15-3-4-20-9-13(15,2)8-17/h10-11,14,17H,3-9H2,1-2H3,(H,18,19)/t10-,11+,13?/m1/s1. The number of nitrogens with one attached hydrogen (secondary N) is 1. The van der Waals surface area contributed by atoms with E-state index in [0.29, 0.717) is 26.3 Å². The molecule has 0 saturated carbocycles. The Labute approximate surface area is 119 Å². The summed E-state index contributed by atoms with van der Waals surface area (Å²) < 4.78 is 5.45. The molecule has 2 rings (SSSR count). The van der Waals surface area contributed by atoms with E-state index in [2.05, 4.69) is 10.2 Å². The number of amides is 1. The van der Waals surface area contributed by atoms with Crippen molar-refractivity contribution in [3.63, 3.8) is 0 Å². The first kappa shape index (κ1) is 15.5. The summed E-state index contributed by atoms with van der Waals surface area (Å²) in [5, 5.41) is 22.2. The van der Waals surface area contributed by atoms with Crippen LogP contribution in [0.25, 0.3) is 0 Å². The number of aliphatic hydroxyl groups is 1. The molecule has 0 aromatic carbocycles. The Morgan fingerprint density at radius 3 is 2.95 bits per heavy atom. The molecule has 1 unspecified atom stereocenters. The van der Waals surface area contributed by atoms with Crippen LogP contribution in [0.1, 0.15) is 13.8 Å². The third-order valence-corrected chi connectivity index (χ3v) is 4.36. The van der Waals surface area contributed by atoms with Crippen LogP contribution in [-0.2, 0) is 4.74 Å². The van der Waals surface area contributed by atoms with Crippen LogP contribution in [0, 0.1) is 0 Å². The van der Waals surface area contributed by atoms with Gasteiger partial charge < -0.3 is 25.2 Å². The largest absolute Gasteiger partial charge is 0.465 e. The fourth-order valence-electron chi connectivity index (χ4n) is 2.87. The number of carboxylic acid groups (broad SMARTS) is 1. The molecule has 3 N–H and O–H groups in total. The fourth-order valence-corrected chi connectivity index (χ4v) is 2.87. The molecule has 7 heteroatoms. The Morgan fingerprint density at radius 1 is 1.55 bits per heavy atom. The molecular formula is C13H25N3O4. The highest BCUT2D eigenvalue weighted by molar-refractivity contribution is 5.65. The summed E-state index contributed by atoms with van der Waals surface area (Å²) >= 11 is 0. The van der Waals surface area contributed by atoms with Crippen molar-refractivity contribution in [2.24, 2.45) is 0 Å². The van der Waals surface area contributed by atoms with Crippen molar-refractivity contribution in [3.05, 3.63) is 0 Å². The Kier molecular flexibility index (Phi) is 4.85. The van der Waals surface area contributed by atoms with Gasteiger partial charge in [-0.25, -0.2) is 4.79 Å². The quantitative estimate of drug-likeness (QED) is 0.643. The van der Waals surface area contributed by atoms with Gasteiger partial charge in [-0.2, -0.15) is 0 Å². The average molecular weight is 287 g/mol. The van der Waals surface area contributed by atoms with Crippen LogP contribution < -0.4 is 5.32 Å². The Bertz CT molecular complexity index is 355.